The molecular formula is C17H22O3. The van der Waals surface area contributed by atoms with Gasteiger partial charge in [0, 0.05) is 5.56 Å². The van der Waals surface area contributed by atoms with Crippen LogP contribution >= 0.6 is 0 Å². The van der Waals surface area contributed by atoms with E-state index in [-0.39, 0.29) is 11.5 Å². The number of carbonyl (C=O) groups is 1. The van der Waals surface area contributed by atoms with Gasteiger partial charge >= 0.3 is 0 Å². The van der Waals surface area contributed by atoms with Gasteiger partial charge in [0.15, 0.2) is 0 Å². The van der Waals surface area contributed by atoms with Crippen molar-refractivity contribution in [2.75, 3.05) is 0 Å². The molecule has 0 saturated carbocycles. The van der Waals surface area contributed by atoms with Crippen LogP contribution in [-0.2, 0) is 0 Å². The maximum atomic E-state index is 10.5. The Labute approximate surface area is 119 Å². The second kappa shape index (κ2) is 6.94. The molecule has 0 aromatic heterocycles. The fourth-order valence-electron chi connectivity index (χ4n) is 1.48. The largest absolute Gasteiger partial charge is 0.507 e. The van der Waals surface area contributed by atoms with Crippen LogP contribution in [0.4, 0.5) is 0 Å². The normalized spacial score (nSPS) is 10.5. The van der Waals surface area contributed by atoms with E-state index < -0.39 is 0 Å². The molecule has 0 saturated heterocycles. The molecule has 0 bridgehead atoms. The van der Waals surface area contributed by atoms with E-state index in [1.54, 1.807) is 18.2 Å². The SMILES string of the molecule is CC(C)C(C)C.O=Cc1cc(O)c2c(O)cccc2c1. The number of phenols is 2. The highest BCUT2D eigenvalue weighted by molar-refractivity contribution is 5.97. The summed E-state index contributed by atoms with van der Waals surface area (Å²) in [7, 11) is 0. The van der Waals surface area contributed by atoms with Crippen LogP contribution < -0.4 is 0 Å². The molecule has 0 aliphatic carbocycles. The Morgan fingerprint density at radius 1 is 0.950 bits per heavy atom. The smallest absolute Gasteiger partial charge is 0.150 e. The first kappa shape index (κ1) is 16.0. The number of fused-ring (bicyclic) bond motifs is 1. The van der Waals surface area contributed by atoms with Crippen LogP contribution in [0, 0.1) is 11.8 Å². The Morgan fingerprint density at radius 3 is 2.05 bits per heavy atom. The number of hydrogen-bond acceptors (Lipinski definition) is 3. The third kappa shape index (κ3) is 3.98. The van der Waals surface area contributed by atoms with Crippen LogP contribution in [0.5, 0.6) is 11.5 Å². The van der Waals surface area contributed by atoms with E-state index >= 15 is 0 Å². The molecule has 0 aliphatic heterocycles. The molecule has 2 rings (SSSR count). The number of hydrogen-bond donors (Lipinski definition) is 2. The Bertz CT molecular complexity index is 580. The first-order valence-electron chi connectivity index (χ1n) is 6.76. The number of benzene rings is 2. The number of carbonyl (C=O) groups excluding carboxylic acids is 1. The van der Waals surface area contributed by atoms with Crippen molar-refractivity contribution in [2.45, 2.75) is 27.7 Å². The number of rotatable bonds is 2. The summed E-state index contributed by atoms with van der Waals surface area (Å²) in [6.07, 6.45) is 0.656. The average Bonchev–Trinajstić information content (AvgIpc) is 2.38. The summed E-state index contributed by atoms with van der Waals surface area (Å²) in [5.74, 6) is 1.63. The molecule has 3 heteroatoms. The molecule has 0 fully saturated rings. The van der Waals surface area contributed by atoms with Gasteiger partial charge in [-0.2, -0.15) is 0 Å². The maximum absolute atomic E-state index is 10.5. The third-order valence-corrected chi connectivity index (χ3v) is 3.43. The van der Waals surface area contributed by atoms with E-state index in [0.717, 1.165) is 11.8 Å². The van der Waals surface area contributed by atoms with Gasteiger partial charge in [-0.25, -0.2) is 0 Å². The molecule has 0 aliphatic rings. The minimum absolute atomic E-state index is 0.0115. The quantitative estimate of drug-likeness (QED) is 0.800. The standard InChI is InChI=1S/C11H8O3.C6H14/c12-6-7-4-8-2-1-3-9(13)11(8)10(14)5-7;1-5(2)6(3)4/h1-6,13-14H;5-6H,1-4H3. The molecule has 0 amide bonds. The molecule has 2 N–H and O–H groups in total. The number of aldehydes is 1. The Morgan fingerprint density at radius 2 is 1.55 bits per heavy atom. The molecule has 2 aromatic carbocycles. The van der Waals surface area contributed by atoms with Crippen molar-refractivity contribution in [3.63, 3.8) is 0 Å². The predicted molar refractivity (Wildman–Crippen MR) is 82.3 cm³/mol. The lowest BCUT2D eigenvalue weighted by Crippen LogP contribution is -1.95. The zero-order valence-electron chi connectivity index (χ0n) is 12.4. The van der Waals surface area contributed by atoms with Crippen molar-refractivity contribution >= 4 is 17.1 Å². The molecule has 0 heterocycles. The van der Waals surface area contributed by atoms with Gasteiger partial charge in [0.1, 0.15) is 17.8 Å². The zero-order chi connectivity index (χ0) is 15.3. The van der Waals surface area contributed by atoms with Gasteiger partial charge in [0.2, 0.25) is 0 Å². The minimum Gasteiger partial charge on any atom is -0.507 e. The summed E-state index contributed by atoms with van der Waals surface area (Å²) in [5.41, 5.74) is 0.389. The molecule has 2 aromatic rings. The lowest BCUT2D eigenvalue weighted by atomic mass is 10.0. The van der Waals surface area contributed by atoms with Gasteiger partial charge in [0.25, 0.3) is 0 Å². The summed E-state index contributed by atoms with van der Waals surface area (Å²) in [6, 6.07) is 7.81. The van der Waals surface area contributed by atoms with E-state index in [9.17, 15) is 15.0 Å². The number of aromatic hydroxyl groups is 2. The van der Waals surface area contributed by atoms with Gasteiger partial charge in [-0.3, -0.25) is 4.79 Å². The summed E-state index contributed by atoms with van der Waals surface area (Å²) >= 11 is 0. The van der Waals surface area contributed by atoms with Gasteiger partial charge in [-0.15, -0.1) is 0 Å². The second-order valence-electron chi connectivity index (χ2n) is 5.52. The highest BCUT2D eigenvalue weighted by atomic mass is 16.3. The van der Waals surface area contributed by atoms with Crippen LogP contribution in [0.2, 0.25) is 0 Å². The van der Waals surface area contributed by atoms with Crippen molar-refractivity contribution in [1.29, 1.82) is 0 Å². The Hall–Kier alpha value is -2.03. The van der Waals surface area contributed by atoms with Crippen LogP contribution in [0.1, 0.15) is 38.1 Å². The Balaban J connectivity index is 0.000000286. The lowest BCUT2D eigenvalue weighted by Gasteiger charge is -2.05. The first-order chi connectivity index (χ1) is 9.36. The Kier molecular flexibility index (Phi) is 5.56. The van der Waals surface area contributed by atoms with Crippen molar-refractivity contribution in [3.8, 4) is 11.5 Å². The second-order valence-corrected chi connectivity index (χ2v) is 5.52. The van der Waals surface area contributed by atoms with Crippen LogP contribution in [0.15, 0.2) is 30.3 Å². The molecule has 0 atom stereocenters. The molecule has 0 spiro atoms. The van der Waals surface area contributed by atoms with E-state index in [0.29, 0.717) is 22.6 Å². The van der Waals surface area contributed by atoms with Crippen LogP contribution in [-0.4, -0.2) is 16.5 Å². The minimum atomic E-state index is -0.0808. The molecule has 0 unspecified atom stereocenters. The fraction of sp³-hybridized carbons (Fsp3) is 0.353. The summed E-state index contributed by atoms with van der Waals surface area (Å²) in [5, 5.41) is 20.0. The van der Waals surface area contributed by atoms with E-state index in [1.165, 1.54) is 12.1 Å². The van der Waals surface area contributed by atoms with E-state index in [2.05, 4.69) is 27.7 Å². The molecule has 108 valence electrons. The predicted octanol–water partition coefficient (Wildman–Crippen LogP) is 4.36. The fourth-order valence-corrected chi connectivity index (χ4v) is 1.48. The van der Waals surface area contributed by atoms with Gasteiger partial charge < -0.3 is 10.2 Å². The van der Waals surface area contributed by atoms with Crippen molar-refractivity contribution in [1.82, 2.24) is 0 Å². The highest BCUT2D eigenvalue weighted by Gasteiger charge is 2.06. The van der Waals surface area contributed by atoms with Crippen molar-refractivity contribution in [2.24, 2.45) is 11.8 Å². The van der Waals surface area contributed by atoms with E-state index in [4.69, 9.17) is 0 Å². The molecule has 0 radical (unpaired) electrons. The molecular weight excluding hydrogens is 252 g/mol. The maximum Gasteiger partial charge on any atom is 0.150 e. The van der Waals surface area contributed by atoms with Gasteiger partial charge in [0.05, 0.1) is 5.39 Å². The lowest BCUT2D eigenvalue weighted by molar-refractivity contribution is 0.112. The summed E-state index contributed by atoms with van der Waals surface area (Å²) in [4.78, 5) is 10.5. The van der Waals surface area contributed by atoms with Crippen LogP contribution in [0.25, 0.3) is 10.8 Å². The monoisotopic (exact) mass is 274 g/mol. The van der Waals surface area contributed by atoms with E-state index in [1.807, 2.05) is 0 Å². The van der Waals surface area contributed by atoms with Crippen molar-refractivity contribution in [3.05, 3.63) is 35.9 Å². The summed E-state index contributed by atoms with van der Waals surface area (Å²) in [6.45, 7) is 8.96. The third-order valence-electron chi connectivity index (χ3n) is 3.43. The van der Waals surface area contributed by atoms with Gasteiger partial charge in [-0.05, 0) is 35.4 Å². The highest BCUT2D eigenvalue weighted by Crippen LogP contribution is 2.33. The first-order valence-corrected chi connectivity index (χ1v) is 6.76. The van der Waals surface area contributed by atoms with Crippen LogP contribution in [0.3, 0.4) is 0 Å². The number of phenolic OH excluding ortho intramolecular Hbond substituents is 2. The molecule has 3 nitrogen and oxygen atoms in total. The zero-order valence-corrected chi connectivity index (χ0v) is 12.4. The topological polar surface area (TPSA) is 57.5 Å². The average molecular weight is 274 g/mol. The molecule has 20 heavy (non-hydrogen) atoms. The summed E-state index contributed by atoms with van der Waals surface area (Å²) < 4.78 is 0. The van der Waals surface area contributed by atoms with Crippen molar-refractivity contribution < 1.29 is 15.0 Å². The van der Waals surface area contributed by atoms with Gasteiger partial charge in [-0.1, -0.05) is 39.8 Å².